The summed E-state index contributed by atoms with van der Waals surface area (Å²) in [6.07, 6.45) is 14.0. The Labute approximate surface area is 523 Å². The number of rotatable bonds is 21. The van der Waals surface area contributed by atoms with Crippen LogP contribution in [0.15, 0.2) is 114 Å². The largest absolute Gasteiger partial charge is 0.455 e. The maximum atomic E-state index is 14.2. The average Bonchev–Trinajstić information content (AvgIpc) is 2.27. The molecule has 4 aliphatic heterocycles. The minimum atomic E-state index is -4.63. The lowest BCUT2D eigenvalue weighted by Gasteiger charge is -2.39. The van der Waals surface area contributed by atoms with Crippen molar-refractivity contribution < 1.29 is 42.1 Å². The fraction of sp³-hybridized carbons (Fsp3) is 0.403. The summed E-state index contributed by atoms with van der Waals surface area (Å²) in [5.74, 6) is 3.67. The molecule has 6 heterocycles. The van der Waals surface area contributed by atoms with Gasteiger partial charge in [-0.25, -0.2) is 18.1 Å². The molecule has 4 aromatic carbocycles. The lowest BCUT2D eigenvalue weighted by molar-refractivity contribution is -0.384. The molecule has 2 unspecified atom stereocenters. The fourth-order valence-corrected chi connectivity index (χ4v) is 13.9. The van der Waals surface area contributed by atoms with Crippen LogP contribution in [-0.2, 0) is 19.6 Å². The van der Waals surface area contributed by atoms with Gasteiger partial charge < -0.3 is 24.8 Å². The number of unbranched alkanes of at least 4 members (excludes halogenated alkanes) is 5. The Balaban J connectivity index is 0.664. The minimum Gasteiger partial charge on any atom is -0.455 e. The number of aromatic amines is 1. The Morgan fingerprint density at radius 1 is 0.888 bits per heavy atom. The quantitative estimate of drug-likeness (QED) is 0.0172. The van der Waals surface area contributed by atoms with Crippen molar-refractivity contribution in [1.82, 2.24) is 34.7 Å². The molecule has 5 aliphatic rings. The van der Waals surface area contributed by atoms with Gasteiger partial charge in [-0.1, -0.05) is 80.3 Å². The molecule has 1 aliphatic carbocycles. The van der Waals surface area contributed by atoms with E-state index in [4.69, 9.17) is 16.3 Å². The average molecular weight is 1250 g/mol. The highest BCUT2D eigenvalue weighted by Gasteiger charge is 2.45. The summed E-state index contributed by atoms with van der Waals surface area (Å²) in [5, 5.41) is 19.5. The number of carbonyl (C=O) groups is 5. The van der Waals surface area contributed by atoms with E-state index < -0.39 is 61.1 Å². The number of aromatic nitrogens is 2. The number of carbonyl (C=O) groups excluding carboxylic acids is 5. The Morgan fingerprint density at radius 3 is 2.48 bits per heavy atom. The van der Waals surface area contributed by atoms with E-state index in [1.54, 1.807) is 48.7 Å². The molecule has 5 amide bonds. The molecule has 4 N–H and O–H groups in total. The van der Waals surface area contributed by atoms with Crippen LogP contribution in [0, 0.1) is 33.3 Å². The summed E-state index contributed by atoms with van der Waals surface area (Å²) in [6, 6.07) is 24.3. The summed E-state index contributed by atoms with van der Waals surface area (Å²) in [7, 11) is -4.63. The molecule has 6 aromatic rings. The molecular weight excluding hydrogens is 1170 g/mol. The van der Waals surface area contributed by atoms with Gasteiger partial charge >= 0.3 is 0 Å². The van der Waals surface area contributed by atoms with E-state index in [9.17, 15) is 42.5 Å². The van der Waals surface area contributed by atoms with Crippen LogP contribution in [0.4, 0.5) is 17.1 Å². The summed E-state index contributed by atoms with van der Waals surface area (Å²) in [4.78, 5) is 92.0. The fourth-order valence-electron chi connectivity index (χ4n) is 12.8. The van der Waals surface area contributed by atoms with Crippen LogP contribution in [0.1, 0.15) is 140 Å². The molecule has 3 fully saturated rings. The number of likely N-dealkylation sites (tertiary alicyclic amines) is 1. The molecule has 89 heavy (non-hydrogen) atoms. The van der Waals surface area contributed by atoms with Crippen molar-refractivity contribution in [1.29, 1.82) is 0 Å². The van der Waals surface area contributed by atoms with Crippen LogP contribution in [-0.4, -0.2) is 132 Å². The van der Waals surface area contributed by atoms with Crippen molar-refractivity contribution >= 4 is 84.8 Å². The lowest BCUT2D eigenvalue weighted by atomic mass is 9.72. The Hall–Kier alpha value is -8.42. The van der Waals surface area contributed by atoms with E-state index in [1.807, 2.05) is 18.2 Å². The maximum Gasteiger partial charge on any atom is 0.293 e. The third-order valence-electron chi connectivity index (χ3n) is 17.7. The number of nitrogens with one attached hydrogen (secondary N) is 4. The zero-order valence-corrected chi connectivity index (χ0v) is 51.7. The number of allylic oxidation sites excluding steroid dienone is 1. The van der Waals surface area contributed by atoms with Gasteiger partial charge in [-0.3, -0.25) is 49.2 Å². The topological polar surface area (TPSA) is 250 Å². The molecule has 464 valence electrons. The second kappa shape index (κ2) is 27.1. The molecular formula is C67H73ClN10O10S. The SMILES string of the molecule is CC1(C)CCC(CN2CCN(c3ccc(C(=O)NS(=O)(=O)c4ccc(NCC5CCCN(CCCCCCCC#Cc6cccc7c6C(=O)N(C6CCC(=O)NC6=O)C7=O)C5)c([N+](=O)[O-])c4)c(Oc4cnc5[nH]ccc5c4)c3)CC2)=C(c2ccc(Cl)cc2)C1. The van der Waals surface area contributed by atoms with E-state index in [-0.39, 0.29) is 52.3 Å². The second-order valence-electron chi connectivity index (χ2n) is 24.6. The smallest absolute Gasteiger partial charge is 0.293 e. The summed E-state index contributed by atoms with van der Waals surface area (Å²) in [6.45, 7) is 11.6. The third-order valence-corrected chi connectivity index (χ3v) is 19.3. The second-order valence-corrected chi connectivity index (χ2v) is 26.7. The molecule has 0 saturated carbocycles. The van der Waals surface area contributed by atoms with Crippen LogP contribution < -0.4 is 25.0 Å². The van der Waals surface area contributed by atoms with Crippen molar-refractivity contribution in [2.45, 2.75) is 108 Å². The minimum absolute atomic E-state index is 0.0470. The predicted octanol–water partition coefficient (Wildman–Crippen LogP) is 10.7. The van der Waals surface area contributed by atoms with Crippen molar-refractivity contribution in [2.24, 2.45) is 11.3 Å². The molecule has 2 atom stereocenters. The molecule has 0 radical (unpaired) electrons. The van der Waals surface area contributed by atoms with Crippen LogP contribution in [0.3, 0.4) is 0 Å². The number of amides is 5. The predicted molar refractivity (Wildman–Crippen MR) is 340 cm³/mol. The first kappa shape index (κ1) is 62.2. The highest BCUT2D eigenvalue weighted by molar-refractivity contribution is 7.90. The van der Waals surface area contributed by atoms with E-state index in [0.29, 0.717) is 43.0 Å². The number of hydrogen-bond acceptors (Lipinski definition) is 15. The van der Waals surface area contributed by atoms with E-state index in [1.165, 1.54) is 35.0 Å². The van der Waals surface area contributed by atoms with Crippen LogP contribution >= 0.6 is 11.6 Å². The first-order valence-electron chi connectivity index (χ1n) is 30.7. The number of halogens is 1. The maximum absolute atomic E-state index is 14.2. The number of H-pyrrole nitrogens is 1. The highest BCUT2D eigenvalue weighted by Crippen LogP contribution is 2.44. The van der Waals surface area contributed by atoms with Crippen molar-refractivity contribution in [2.75, 3.05) is 69.1 Å². The number of imide groups is 2. The van der Waals surface area contributed by atoms with Gasteiger partial charge in [-0.05, 0) is 148 Å². The number of ether oxygens (including phenoxy) is 1. The van der Waals surface area contributed by atoms with Crippen molar-refractivity contribution in [3.63, 3.8) is 0 Å². The number of benzene rings is 4. The number of pyridine rings is 1. The molecule has 0 bridgehead atoms. The summed E-state index contributed by atoms with van der Waals surface area (Å²) in [5.41, 5.74) is 6.23. The van der Waals surface area contributed by atoms with Gasteiger partial charge in [0.25, 0.3) is 33.4 Å². The molecule has 2 aromatic heterocycles. The molecule has 3 saturated heterocycles. The number of fused-ring (bicyclic) bond motifs is 2. The van der Waals surface area contributed by atoms with Crippen LogP contribution in [0.2, 0.25) is 5.02 Å². The Morgan fingerprint density at radius 2 is 1.69 bits per heavy atom. The van der Waals surface area contributed by atoms with Gasteiger partial charge in [0, 0.05) is 98.6 Å². The number of sulfonamides is 1. The van der Waals surface area contributed by atoms with Gasteiger partial charge in [-0.15, -0.1) is 0 Å². The summed E-state index contributed by atoms with van der Waals surface area (Å²) < 4.78 is 36.6. The molecule has 0 spiro atoms. The number of piperidine rings is 2. The molecule has 11 rings (SSSR count). The molecule has 22 heteroatoms. The molecule has 20 nitrogen and oxygen atoms in total. The van der Waals surface area contributed by atoms with Crippen LogP contribution in [0.25, 0.3) is 16.6 Å². The number of nitro groups is 1. The monoisotopic (exact) mass is 1240 g/mol. The summed E-state index contributed by atoms with van der Waals surface area (Å²) >= 11 is 6.28. The normalized spacial score (nSPS) is 19.0. The first-order valence-corrected chi connectivity index (χ1v) is 32.6. The third kappa shape index (κ3) is 14.7. The Kier molecular flexibility index (Phi) is 19.0. The van der Waals surface area contributed by atoms with Gasteiger partial charge in [0.05, 0.1) is 32.7 Å². The number of nitro benzene ring substituents is 1. The Bertz CT molecular complexity index is 3940. The van der Waals surface area contributed by atoms with Crippen LogP contribution in [0.5, 0.6) is 11.5 Å². The van der Waals surface area contributed by atoms with Gasteiger partial charge in [0.15, 0.2) is 0 Å². The van der Waals surface area contributed by atoms with Gasteiger partial charge in [-0.2, -0.15) is 0 Å². The van der Waals surface area contributed by atoms with E-state index in [0.717, 1.165) is 131 Å². The number of nitrogens with zero attached hydrogens (tertiary/aromatic N) is 6. The zero-order valence-electron chi connectivity index (χ0n) is 50.1. The van der Waals surface area contributed by atoms with Crippen molar-refractivity contribution in [3.05, 3.63) is 152 Å². The van der Waals surface area contributed by atoms with E-state index in [2.05, 4.69) is 77.8 Å². The standard InChI is InChI=1S/C67H73ClN10O10S/c1-67(2)28-26-48(55(39-67)45-16-18-49(68)19-17-45)43-75-32-34-76(35-33-75)50-20-22-53(59(37-50)88-51-36-47-27-29-69-62(47)71-41-51)63(80)73-89(86,87)52-21-23-56(58(38-52)78(84)85)70-40-44-12-11-31-74(42-44)30-9-7-5-3-4-6-8-13-46-14-10-15-54-61(46)66(83)77(65(54)82)57-24-25-60(79)72-64(57)81/h10,14-23,27,29,36-38,41,44,57,70H,3-7,9,11-12,24-26,28,30-35,39-40,42-43H2,1-2H3,(H,69,71)(H,73,80)(H,72,79,81). The van der Waals surface area contributed by atoms with E-state index >= 15 is 0 Å². The van der Waals surface area contributed by atoms with Gasteiger partial charge in [0.1, 0.15) is 28.9 Å². The highest BCUT2D eigenvalue weighted by atomic mass is 35.5. The number of anilines is 2. The van der Waals surface area contributed by atoms with Gasteiger partial charge in [0.2, 0.25) is 11.8 Å². The first-order chi connectivity index (χ1) is 42.9. The number of hydrogen-bond donors (Lipinski definition) is 4. The lowest BCUT2D eigenvalue weighted by Crippen LogP contribution is -2.54. The number of piperazine rings is 1. The zero-order chi connectivity index (χ0) is 62.4. The van der Waals surface area contributed by atoms with Crippen molar-refractivity contribution in [3.8, 4) is 23.3 Å².